The molecule has 9 heteroatoms. The SMILES string of the molecule is COC[C@H]1C[C@@H](n2cnc3c(N[C@H]4CCN(Cc5ccccc5)C4)ncnc32)[C@H](O)[C@@H]1O. The van der Waals surface area contributed by atoms with Crippen LogP contribution in [0, 0.1) is 5.92 Å². The fraction of sp³-hybridized carbons (Fsp3) is 0.522. The van der Waals surface area contributed by atoms with Crippen LogP contribution in [0.5, 0.6) is 0 Å². The lowest BCUT2D eigenvalue weighted by Crippen LogP contribution is -2.30. The minimum Gasteiger partial charge on any atom is -0.390 e. The molecule has 1 aliphatic carbocycles. The summed E-state index contributed by atoms with van der Waals surface area (Å²) in [5.74, 6) is 0.591. The van der Waals surface area contributed by atoms with Crippen LogP contribution >= 0.6 is 0 Å². The third-order valence-corrected chi connectivity index (χ3v) is 6.73. The van der Waals surface area contributed by atoms with E-state index >= 15 is 0 Å². The van der Waals surface area contributed by atoms with E-state index in [0.29, 0.717) is 30.0 Å². The molecule has 3 heterocycles. The Balaban J connectivity index is 1.30. The fourth-order valence-electron chi connectivity index (χ4n) is 5.08. The Hall–Kier alpha value is -2.59. The van der Waals surface area contributed by atoms with Gasteiger partial charge < -0.3 is 24.8 Å². The van der Waals surface area contributed by atoms with Crippen molar-refractivity contribution in [2.75, 3.05) is 32.1 Å². The van der Waals surface area contributed by atoms with Gasteiger partial charge in [0, 0.05) is 38.7 Å². The van der Waals surface area contributed by atoms with Gasteiger partial charge in [0.25, 0.3) is 0 Å². The smallest absolute Gasteiger partial charge is 0.165 e. The third kappa shape index (κ3) is 4.09. The van der Waals surface area contributed by atoms with E-state index in [4.69, 9.17) is 4.74 Å². The molecule has 9 nitrogen and oxygen atoms in total. The highest BCUT2D eigenvalue weighted by molar-refractivity contribution is 5.83. The first-order chi connectivity index (χ1) is 15.6. The second-order valence-corrected chi connectivity index (χ2v) is 8.90. The quantitative estimate of drug-likeness (QED) is 0.509. The van der Waals surface area contributed by atoms with Gasteiger partial charge in [0.15, 0.2) is 11.5 Å². The maximum absolute atomic E-state index is 10.6. The van der Waals surface area contributed by atoms with E-state index in [1.807, 2.05) is 10.6 Å². The predicted molar refractivity (Wildman–Crippen MR) is 120 cm³/mol. The summed E-state index contributed by atoms with van der Waals surface area (Å²) in [6.07, 6.45) is 3.14. The van der Waals surface area contributed by atoms with Crippen molar-refractivity contribution >= 4 is 17.0 Å². The summed E-state index contributed by atoms with van der Waals surface area (Å²) in [4.78, 5) is 15.9. The zero-order chi connectivity index (χ0) is 22.1. The predicted octanol–water partition coefficient (Wildman–Crippen LogP) is 1.44. The molecule has 0 radical (unpaired) electrons. The summed E-state index contributed by atoms with van der Waals surface area (Å²) in [6, 6.07) is 10.5. The molecular formula is C23H30N6O3. The number of aliphatic hydroxyl groups is 2. The van der Waals surface area contributed by atoms with Crippen LogP contribution in [0.25, 0.3) is 11.2 Å². The van der Waals surface area contributed by atoms with Gasteiger partial charge in [0.2, 0.25) is 0 Å². The average molecular weight is 439 g/mol. The molecule has 1 saturated heterocycles. The Morgan fingerprint density at radius 2 is 1.97 bits per heavy atom. The Bertz CT molecular complexity index is 1040. The lowest BCUT2D eigenvalue weighted by molar-refractivity contribution is -0.00886. The molecule has 1 aromatic carbocycles. The minimum absolute atomic E-state index is 0.119. The van der Waals surface area contributed by atoms with Crippen LogP contribution in [0.3, 0.4) is 0 Å². The van der Waals surface area contributed by atoms with E-state index in [0.717, 1.165) is 26.1 Å². The number of fused-ring (bicyclic) bond motifs is 1. The molecule has 1 saturated carbocycles. The van der Waals surface area contributed by atoms with Crippen LogP contribution in [0.2, 0.25) is 0 Å². The molecule has 170 valence electrons. The minimum atomic E-state index is -0.889. The van der Waals surface area contributed by atoms with Crippen molar-refractivity contribution in [1.29, 1.82) is 0 Å². The van der Waals surface area contributed by atoms with Gasteiger partial charge in [-0.3, -0.25) is 4.90 Å². The molecule has 2 aliphatic rings. The molecule has 5 rings (SSSR count). The first-order valence-electron chi connectivity index (χ1n) is 11.2. The number of hydrogen-bond acceptors (Lipinski definition) is 8. The number of ether oxygens (including phenoxy) is 1. The summed E-state index contributed by atoms with van der Waals surface area (Å²) in [5, 5.41) is 24.6. The first kappa shape index (κ1) is 21.3. The topological polar surface area (TPSA) is 109 Å². The van der Waals surface area contributed by atoms with Crippen molar-refractivity contribution in [1.82, 2.24) is 24.4 Å². The fourth-order valence-corrected chi connectivity index (χ4v) is 5.08. The number of likely N-dealkylation sites (tertiary alicyclic amines) is 1. The van der Waals surface area contributed by atoms with Gasteiger partial charge in [-0.15, -0.1) is 0 Å². The van der Waals surface area contributed by atoms with Gasteiger partial charge in [-0.25, -0.2) is 15.0 Å². The maximum Gasteiger partial charge on any atom is 0.165 e. The van der Waals surface area contributed by atoms with E-state index in [1.54, 1.807) is 13.4 Å². The number of anilines is 1. The van der Waals surface area contributed by atoms with Crippen molar-refractivity contribution in [3.8, 4) is 0 Å². The zero-order valence-electron chi connectivity index (χ0n) is 18.2. The number of hydrogen-bond donors (Lipinski definition) is 3. The Kier molecular flexibility index (Phi) is 6.05. The van der Waals surface area contributed by atoms with Gasteiger partial charge in [-0.05, 0) is 18.4 Å². The summed E-state index contributed by atoms with van der Waals surface area (Å²) < 4.78 is 7.06. The number of imidazole rings is 1. The van der Waals surface area contributed by atoms with Gasteiger partial charge >= 0.3 is 0 Å². The second-order valence-electron chi connectivity index (χ2n) is 8.90. The first-order valence-corrected chi connectivity index (χ1v) is 11.2. The van der Waals surface area contributed by atoms with E-state index in [9.17, 15) is 10.2 Å². The van der Waals surface area contributed by atoms with Crippen LogP contribution in [-0.4, -0.2) is 79.7 Å². The third-order valence-electron chi connectivity index (χ3n) is 6.73. The largest absolute Gasteiger partial charge is 0.390 e. The molecule has 0 bridgehead atoms. The van der Waals surface area contributed by atoms with Crippen LogP contribution in [-0.2, 0) is 11.3 Å². The lowest BCUT2D eigenvalue weighted by atomic mass is 10.1. The molecule has 2 aromatic heterocycles. The molecule has 0 spiro atoms. The van der Waals surface area contributed by atoms with Crippen molar-refractivity contribution in [2.45, 2.75) is 43.7 Å². The highest BCUT2D eigenvalue weighted by atomic mass is 16.5. The van der Waals surface area contributed by atoms with Gasteiger partial charge in [-0.2, -0.15) is 0 Å². The van der Waals surface area contributed by atoms with Crippen molar-refractivity contribution < 1.29 is 14.9 Å². The molecule has 2 fully saturated rings. The van der Waals surface area contributed by atoms with Crippen LogP contribution in [0.4, 0.5) is 5.82 Å². The summed E-state index contributed by atoms with van der Waals surface area (Å²) in [6.45, 7) is 3.32. The van der Waals surface area contributed by atoms with E-state index in [1.165, 1.54) is 11.9 Å². The molecule has 3 aromatic rings. The van der Waals surface area contributed by atoms with Crippen LogP contribution in [0.1, 0.15) is 24.4 Å². The Morgan fingerprint density at radius 1 is 1.12 bits per heavy atom. The molecule has 0 amide bonds. The number of nitrogens with one attached hydrogen (secondary N) is 1. The number of rotatable bonds is 7. The van der Waals surface area contributed by atoms with Gasteiger partial charge in [-0.1, -0.05) is 30.3 Å². The van der Waals surface area contributed by atoms with Crippen molar-refractivity contribution in [3.05, 3.63) is 48.5 Å². The summed E-state index contributed by atoms with van der Waals surface area (Å²) in [5.41, 5.74) is 2.67. The average Bonchev–Trinajstić information content (AvgIpc) is 3.50. The summed E-state index contributed by atoms with van der Waals surface area (Å²) >= 11 is 0. The molecule has 32 heavy (non-hydrogen) atoms. The zero-order valence-corrected chi connectivity index (χ0v) is 18.2. The maximum atomic E-state index is 10.6. The normalized spacial score (nSPS) is 28.5. The highest BCUT2D eigenvalue weighted by Crippen LogP contribution is 2.37. The molecule has 0 unspecified atom stereocenters. The molecule has 5 atom stereocenters. The molecule has 1 aliphatic heterocycles. The standard InChI is InChI=1S/C23H30N6O3/c1-32-12-16-9-18(21(31)20(16)30)29-14-26-19-22(24-13-25-23(19)29)27-17-7-8-28(11-17)10-15-5-3-2-4-6-15/h2-6,13-14,16-18,20-21,30-31H,7-12H2,1H3,(H,24,25,27)/t16-,17+,18-,20-,21+/m1/s1. The highest BCUT2D eigenvalue weighted by Gasteiger charge is 2.43. The number of nitrogens with zero attached hydrogens (tertiary/aromatic N) is 5. The molecular weight excluding hydrogens is 408 g/mol. The van der Waals surface area contributed by atoms with Crippen LogP contribution in [0.15, 0.2) is 43.0 Å². The Morgan fingerprint density at radius 3 is 2.78 bits per heavy atom. The number of aromatic nitrogens is 4. The van der Waals surface area contributed by atoms with Crippen molar-refractivity contribution in [2.24, 2.45) is 5.92 Å². The number of aliphatic hydroxyl groups excluding tert-OH is 2. The van der Waals surface area contributed by atoms with Crippen molar-refractivity contribution in [3.63, 3.8) is 0 Å². The Labute approximate surface area is 187 Å². The van der Waals surface area contributed by atoms with E-state index in [2.05, 4.69) is 49.4 Å². The van der Waals surface area contributed by atoms with Gasteiger partial charge in [0.1, 0.15) is 17.9 Å². The second kappa shape index (κ2) is 9.11. The summed E-state index contributed by atoms with van der Waals surface area (Å²) in [7, 11) is 1.61. The molecule has 3 N–H and O–H groups in total. The van der Waals surface area contributed by atoms with Gasteiger partial charge in [0.05, 0.1) is 25.1 Å². The monoisotopic (exact) mass is 438 g/mol. The van der Waals surface area contributed by atoms with E-state index in [-0.39, 0.29) is 18.0 Å². The van der Waals surface area contributed by atoms with Crippen LogP contribution < -0.4 is 5.32 Å². The van der Waals surface area contributed by atoms with E-state index < -0.39 is 12.2 Å². The number of methoxy groups -OCH3 is 1. The lowest BCUT2D eigenvalue weighted by Gasteiger charge is -2.19. The number of benzene rings is 1.